The second-order valence-corrected chi connectivity index (χ2v) is 9.59. The van der Waals surface area contributed by atoms with E-state index in [4.69, 9.17) is 9.47 Å². The number of carbonyl (C=O) groups excluding carboxylic acids is 1. The minimum atomic E-state index is -0.164. The molecule has 0 fully saturated rings. The van der Waals surface area contributed by atoms with E-state index in [2.05, 4.69) is 21.6 Å². The first kappa shape index (κ1) is 23.3. The highest BCUT2D eigenvalue weighted by Crippen LogP contribution is 2.37. The van der Waals surface area contributed by atoms with Crippen molar-refractivity contribution in [3.8, 4) is 23.2 Å². The normalized spacial score (nSPS) is 12.8. The molecule has 1 N–H and O–H groups in total. The van der Waals surface area contributed by atoms with Crippen LogP contribution in [0.25, 0.3) is 11.4 Å². The maximum Gasteiger partial charge on any atom is 0.235 e. The van der Waals surface area contributed by atoms with Crippen LogP contribution in [-0.4, -0.2) is 47.3 Å². The lowest BCUT2D eigenvalue weighted by atomic mass is 9.96. The molecule has 10 heteroatoms. The third kappa shape index (κ3) is 5.21. The molecule has 0 radical (unpaired) electrons. The Balaban J connectivity index is 1.47. The Kier molecular flexibility index (Phi) is 7.65. The summed E-state index contributed by atoms with van der Waals surface area (Å²) in [5.41, 5.74) is 2.64. The number of thioether (sulfide) groups is 1. The quantitative estimate of drug-likeness (QED) is 0.456. The standard InChI is InChI=1S/C23H25N5O3S2/c1-30-12-11-28-21(15-7-9-16(31-2)10-8-15)26-27-23(28)32-14-20(29)25-22-18(13-24)17-5-3-4-6-19(17)33-22/h7-10H,3-6,11-12,14H2,1-2H3,(H,25,29). The maximum atomic E-state index is 12.7. The van der Waals surface area contributed by atoms with Gasteiger partial charge in [0.2, 0.25) is 5.91 Å². The van der Waals surface area contributed by atoms with Crippen LogP contribution in [0.2, 0.25) is 0 Å². The van der Waals surface area contributed by atoms with Crippen molar-refractivity contribution in [3.63, 3.8) is 0 Å². The number of thiophene rings is 1. The number of fused-ring (bicyclic) bond motifs is 1. The van der Waals surface area contributed by atoms with E-state index in [1.54, 1.807) is 14.2 Å². The monoisotopic (exact) mass is 483 g/mol. The summed E-state index contributed by atoms with van der Waals surface area (Å²) in [6.07, 6.45) is 4.12. The molecule has 33 heavy (non-hydrogen) atoms. The van der Waals surface area contributed by atoms with Crippen molar-refractivity contribution in [1.82, 2.24) is 14.8 Å². The fourth-order valence-electron chi connectivity index (χ4n) is 3.80. The Morgan fingerprint density at radius 3 is 2.76 bits per heavy atom. The zero-order chi connectivity index (χ0) is 23.2. The highest BCUT2D eigenvalue weighted by atomic mass is 32.2. The van der Waals surface area contributed by atoms with Gasteiger partial charge < -0.3 is 14.8 Å². The fraction of sp³-hybridized carbons (Fsp3) is 0.391. The maximum absolute atomic E-state index is 12.7. The van der Waals surface area contributed by atoms with Crippen LogP contribution < -0.4 is 10.1 Å². The van der Waals surface area contributed by atoms with Gasteiger partial charge in [-0.05, 0) is 55.5 Å². The number of rotatable bonds is 9. The third-order valence-corrected chi connectivity index (χ3v) is 7.63. The van der Waals surface area contributed by atoms with E-state index in [0.29, 0.717) is 34.7 Å². The number of aromatic nitrogens is 3. The first-order chi connectivity index (χ1) is 16.1. The minimum Gasteiger partial charge on any atom is -0.497 e. The van der Waals surface area contributed by atoms with Gasteiger partial charge in [-0.1, -0.05) is 11.8 Å². The number of carbonyl (C=O) groups is 1. The van der Waals surface area contributed by atoms with Gasteiger partial charge in [-0.15, -0.1) is 21.5 Å². The van der Waals surface area contributed by atoms with Gasteiger partial charge in [-0.3, -0.25) is 9.36 Å². The molecule has 0 spiro atoms. The smallest absolute Gasteiger partial charge is 0.235 e. The molecule has 8 nitrogen and oxygen atoms in total. The summed E-state index contributed by atoms with van der Waals surface area (Å²) >= 11 is 2.85. The molecule has 0 saturated heterocycles. The molecule has 1 aliphatic rings. The van der Waals surface area contributed by atoms with E-state index in [1.165, 1.54) is 28.0 Å². The summed E-state index contributed by atoms with van der Waals surface area (Å²) in [6.45, 7) is 1.05. The van der Waals surface area contributed by atoms with Gasteiger partial charge >= 0.3 is 0 Å². The van der Waals surface area contributed by atoms with Gasteiger partial charge in [-0.25, -0.2) is 0 Å². The average molecular weight is 484 g/mol. The van der Waals surface area contributed by atoms with E-state index in [0.717, 1.165) is 42.6 Å². The lowest BCUT2D eigenvalue weighted by molar-refractivity contribution is -0.113. The number of hydrogen-bond acceptors (Lipinski definition) is 8. The van der Waals surface area contributed by atoms with E-state index < -0.39 is 0 Å². The predicted molar refractivity (Wildman–Crippen MR) is 129 cm³/mol. The number of nitriles is 1. The fourth-order valence-corrected chi connectivity index (χ4v) is 5.82. The molecule has 0 unspecified atom stereocenters. The second kappa shape index (κ2) is 10.8. The number of amides is 1. The molecule has 1 aliphatic carbocycles. The predicted octanol–water partition coefficient (Wildman–Crippen LogP) is 4.14. The van der Waals surface area contributed by atoms with Crippen LogP contribution in [0.3, 0.4) is 0 Å². The van der Waals surface area contributed by atoms with Gasteiger partial charge in [0.1, 0.15) is 16.8 Å². The van der Waals surface area contributed by atoms with Crippen LogP contribution in [0.4, 0.5) is 5.00 Å². The lowest BCUT2D eigenvalue weighted by Crippen LogP contribution is -2.15. The average Bonchev–Trinajstić information content (AvgIpc) is 3.41. The lowest BCUT2D eigenvalue weighted by Gasteiger charge is -2.10. The van der Waals surface area contributed by atoms with Gasteiger partial charge in [0.25, 0.3) is 0 Å². The number of hydrogen-bond donors (Lipinski definition) is 1. The van der Waals surface area contributed by atoms with Crippen LogP contribution >= 0.6 is 23.1 Å². The number of nitrogens with zero attached hydrogens (tertiary/aromatic N) is 4. The van der Waals surface area contributed by atoms with E-state index >= 15 is 0 Å². The van der Waals surface area contributed by atoms with Crippen molar-refractivity contribution < 1.29 is 14.3 Å². The molecule has 0 aliphatic heterocycles. The highest BCUT2D eigenvalue weighted by molar-refractivity contribution is 7.99. The van der Waals surface area contributed by atoms with Crippen molar-refractivity contribution >= 4 is 34.0 Å². The number of nitrogens with one attached hydrogen (secondary N) is 1. The summed E-state index contributed by atoms with van der Waals surface area (Å²) in [7, 11) is 3.27. The molecule has 0 saturated carbocycles. The van der Waals surface area contributed by atoms with E-state index in [1.807, 2.05) is 28.8 Å². The molecule has 0 bridgehead atoms. The van der Waals surface area contributed by atoms with E-state index in [9.17, 15) is 10.1 Å². The molecular formula is C23H25N5O3S2. The second-order valence-electron chi connectivity index (χ2n) is 7.54. The summed E-state index contributed by atoms with van der Waals surface area (Å²) in [6, 6.07) is 9.88. The Hall–Kier alpha value is -2.87. The van der Waals surface area contributed by atoms with Crippen molar-refractivity contribution in [2.45, 2.75) is 37.4 Å². The SMILES string of the molecule is COCCn1c(SCC(=O)Nc2sc3c(c2C#N)CCCC3)nnc1-c1ccc(OC)cc1. The number of ether oxygens (including phenoxy) is 2. The van der Waals surface area contributed by atoms with Gasteiger partial charge in [0.05, 0.1) is 31.6 Å². The van der Waals surface area contributed by atoms with Crippen molar-refractivity contribution in [1.29, 1.82) is 5.26 Å². The summed E-state index contributed by atoms with van der Waals surface area (Å²) < 4.78 is 12.4. The third-order valence-electron chi connectivity index (χ3n) is 5.45. The zero-order valence-electron chi connectivity index (χ0n) is 18.6. The molecule has 4 rings (SSSR count). The number of benzene rings is 1. The van der Waals surface area contributed by atoms with Crippen molar-refractivity contribution in [3.05, 3.63) is 40.3 Å². The van der Waals surface area contributed by atoms with Gasteiger partial charge in [-0.2, -0.15) is 5.26 Å². The molecule has 0 atom stereocenters. The molecular weight excluding hydrogens is 458 g/mol. The molecule has 1 aromatic carbocycles. The minimum absolute atomic E-state index is 0.164. The topological polar surface area (TPSA) is 102 Å². The van der Waals surface area contributed by atoms with Crippen LogP contribution in [-0.2, 0) is 28.9 Å². The number of methoxy groups -OCH3 is 2. The molecule has 2 aromatic heterocycles. The van der Waals surface area contributed by atoms with Crippen molar-refractivity contribution in [2.75, 3.05) is 31.9 Å². The number of aryl methyl sites for hydroxylation is 1. The summed E-state index contributed by atoms with van der Waals surface area (Å²) in [4.78, 5) is 13.9. The Morgan fingerprint density at radius 2 is 2.03 bits per heavy atom. The first-order valence-electron chi connectivity index (χ1n) is 10.7. The molecule has 1 amide bonds. The highest BCUT2D eigenvalue weighted by Gasteiger charge is 2.22. The molecule has 3 aromatic rings. The Bertz CT molecular complexity index is 1160. The summed E-state index contributed by atoms with van der Waals surface area (Å²) in [5.74, 6) is 1.47. The zero-order valence-corrected chi connectivity index (χ0v) is 20.2. The van der Waals surface area contributed by atoms with Gasteiger partial charge in [0.15, 0.2) is 11.0 Å². The Labute approximate surface area is 200 Å². The first-order valence-corrected chi connectivity index (χ1v) is 12.5. The number of anilines is 1. The van der Waals surface area contributed by atoms with Gasteiger partial charge in [0, 0.05) is 17.6 Å². The molecule has 2 heterocycles. The van der Waals surface area contributed by atoms with Crippen LogP contribution in [0.1, 0.15) is 28.8 Å². The van der Waals surface area contributed by atoms with Crippen LogP contribution in [0.15, 0.2) is 29.4 Å². The van der Waals surface area contributed by atoms with E-state index in [-0.39, 0.29) is 11.7 Å². The van der Waals surface area contributed by atoms with Crippen molar-refractivity contribution in [2.24, 2.45) is 0 Å². The largest absolute Gasteiger partial charge is 0.497 e. The van der Waals surface area contributed by atoms with Crippen LogP contribution in [0.5, 0.6) is 5.75 Å². The Morgan fingerprint density at radius 1 is 1.24 bits per heavy atom. The summed E-state index contributed by atoms with van der Waals surface area (Å²) in [5, 5.41) is 22.5. The van der Waals surface area contributed by atoms with Crippen LogP contribution in [0, 0.1) is 11.3 Å². The molecule has 172 valence electrons.